The number of hydrogen-bond donors (Lipinski definition) is 1. The van der Waals surface area contributed by atoms with Crippen LogP contribution >= 0.6 is 11.3 Å². The molecule has 0 atom stereocenters. The number of rotatable bonds is 5. The first-order valence-electron chi connectivity index (χ1n) is 10.3. The Bertz CT molecular complexity index is 1050. The van der Waals surface area contributed by atoms with Gasteiger partial charge in [-0.2, -0.15) is 0 Å². The maximum Gasteiger partial charge on any atom is 0.335 e. The van der Waals surface area contributed by atoms with Gasteiger partial charge in [0.05, 0.1) is 34.4 Å². The van der Waals surface area contributed by atoms with Crippen LogP contribution in [-0.2, 0) is 0 Å². The fourth-order valence-corrected chi connectivity index (χ4v) is 5.10. The van der Waals surface area contributed by atoms with E-state index in [1.807, 2.05) is 25.3 Å². The summed E-state index contributed by atoms with van der Waals surface area (Å²) in [5, 5.41) is 13.1. The molecule has 0 bridgehead atoms. The van der Waals surface area contributed by atoms with Crippen LogP contribution in [0.25, 0.3) is 21.8 Å². The Morgan fingerprint density at radius 2 is 1.74 bits per heavy atom. The topological polar surface area (TPSA) is 94.9 Å². The Labute approximate surface area is 186 Å². The average Bonchev–Trinajstić information content (AvgIpc) is 3.12. The number of hydrogen-bond acceptors (Lipinski definition) is 9. The van der Waals surface area contributed by atoms with Crippen molar-refractivity contribution >= 4 is 11.3 Å². The molecule has 1 aliphatic rings. The summed E-state index contributed by atoms with van der Waals surface area (Å²) < 4.78 is 11.6. The lowest BCUT2D eigenvalue weighted by Gasteiger charge is -2.45. The third-order valence-electron chi connectivity index (χ3n) is 5.17. The molecule has 3 aromatic rings. The van der Waals surface area contributed by atoms with Crippen LogP contribution in [0, 0.1) is 6.92 Å². The number of aryl methyl sites for hydroxylation is 1. The van der Waals surface area contributed by atoms with Crippen molar-refractivity contribution in [2.24, 2.45) is 0 Å². The molecule has 164 valence electrons. The number of nitrogens with zero attached hydrogens (tertiary/aromatic N) is 5. The summed E-state index contributed by atoms with van der Waals surface area (Å²) in [6.45, 7) is 10.7. The molecule has 0 aliphatic carbocycles. The number of aromatic nitrogens is 5. The van der Waals surface area contributed by atoms with E-state index in [9.17, 15) is 0 Å². The Morgan fingerprint density at radius 1 is 1.00 bits per heavy atom. The SMILES string of the molecule is COc1nc(-c2cnc(OC3CC(C)(C)NC(C)(C)C3)nn2)ccc1-c1cnc(C)s1. The maximum atomic E-state index is 6.07. The number of pyridine rings is 1. The van der Waals surface area contributed by atoms with Crippen LogP contribution in [0.15, 0.2) is 24.5 Å². The van der Waals surface area contributed by atoms with Gasteiger partial charge in [0.2, 0.25) is 5.88 Å². The van der Waals surface area contributed by atoms with Crippen molar-refractivity contribution in [1.29, 1.82) is 0 Å². The molecule has 0 spiro atoms. The molecular formula is C22H28N6O2S. The molecule has 0 saturated carbocycles. The Morgan fingerprint density at radius 3 is 2.32 bits per heavy atom. The van der Waals surface area contributed by atoms with Gasteiger partial charge in [-0.1, -0.05) is 5.10 Å². The smallest absolute Gasteiger partial charge is 0.335 e. The predicted molar refractivity (Wildman–Crippen MR) is 120 cm³/mol. The second kappa shape index (κ2) is 8.12. The highest BCUT2D eigenvalue weighted by atomic mass is 32.1. The van der Waals surface area contributed by atoms with Gasteiger partial charge in [0.15, 0.2) is 0 Å². The normalized spacial score (nSPS) is 18.0. The lowest BCUT2D eigenvalue weighted by atomic mass is 9.81. The van der Waals surface area contributed by atoms with Crippen LogP contribution in [0.5, 0.6) is 11.9 Å². The second-order valence-electron chi connectivity index (χ2n) is 9.16. The van der Waals surface area contributed by atoms with E-state index in [2.05, 4.69) is 58.2 Å². The molecule has 0 unspecified atom stereocenters. The van der Waals surface area contributed by atoms with Crippen molar-refractivity contribution in [3.8, 4) is 33.7 Å². The average molecular weight is 441 g/mol. The molecule has 4 rings (SSSR count). The number of ether oxygens (including phenoxy) is 2. The maximum absolute atomic E-state index is 6.07. The van der Waals surface area contributed by atoms with Gasteiger partial charge >= 0.3 is 6.01 Å². The van der Waals surface area contributed by atoms with E-state index in [-0.39, 0.29) is 23.2 Å². The van der Waals surface area contributed by atoms with Gasteiger partial charge in [-0.3, -0.25) is 0 Å². The van der Waals surface area contributed by atoms with E-state index < -0.39 is 0 Å². The highest BCUT2D eigenvalue weighted by Gasteiger charge is 2.39. The van der Waals surface area contributed by atoms with Gasteiger partial charge in [0.1, 0.15) is 11.8 Å². The zero-order valence-electron chi connectivity index (χ0n) is 18.8. The van der Waals surface area contributed by atoms with Gasteiger partial charge in [0, 0.05) is 30.1 Å². The summed E-state index contributed by atoms with van der Waals surface area (Å²) in [7, 11) is 1.60. The number of nitrogens with one attached hydrogen (secondary N) is 1. The molecule has 0 aromatic carbocycles. The minimum atomic E-state index is -0.0152. The van der Waals surface area contributed by atoms with Crippen LogP contribution in [0.3, 0.4) is 0 Å². The van der Waals surface area contributed by atoms with Gasteiger partial charge in [-0.15, -0.1) is 16.4 Å². The first kappa shape index (κ1) is 21.6. The molecule has 4 heterocycles. The summed E-state index contributed by atoms with van der Waals surface area (Å²) >= 11 is 1.60. The molecule has 1 N–H and O–H groups in total. The standard InChI is InChI=1S/C22H28N6O2S/c1-13-23-12-18(31-13)15-7-8-16(25-19(15)29-6)17-11-24-20(27-26-17)30-14-9-21(2,3)28-22(4,5)10-14/h7-8,11-12,14,28H,9-10H2,1-6H3. The molecule has 9 heteroatoms. The number of methoxy groups -OCH3 is 1. The van der Waals surface area contributed by atoms with E-state index in [1.54, 1.807) is 24.6 Å². The predicted octanol–water partition coefficient (Wildman–Crippen LogP) is 4.06. The third kappa shape index (κ3) is 4.99. The van der Waals surface area contributed by atoms with Crippen molar-refractivity contribution in [3.63, 3.8) is 0 Å². The molecule has 3 aromatic heterocycles. The zero-order chi connectivity index (χ0) is 22.2. The minimum absolute atomic E-state index is 0.0152. The van der Waals surface area contributed by atoms with Gasteiger partial charge in [-0.25, -0.2) is 15.0 Å². The lowest BCUT2D eigenvalue weighted by molar-refractivity contribution is 0.0491. The van der Waals surface area contributed by atoms with Crippen molar-refractivity contribution < 1.29 is 9.47 Å². The Kier molecular flexibility index (Phi) is 5.65. The van der Waals surface area contributed by atoms with Crippen LogP contribution in [0.4, 0.5) is 0 Å². The third-order valence-corrected chi connectivity index (χ3v) is 6.11. The summed E-state index contributed by atoms with van der Waals surface area (Å²) in [6.07, 6.45) is 5.24. The fraction of sp³-hybridized carbons (Fsp3) is 0.500. The molecule has 8 nitrogen and oxygen atoms in total. The molecule has 0 radical (unpaired) electrons. The minimum Gasteiger partial charge on any atom is -0.481 e. The Hall–Kier alpha value is -2.65. The molecular weight excluding hydrogens is 412 g/mol. The first-order valence-corrected chi connectivity index (χ1v) is 11.1. The highest BCUT2D eigenvalue weighted by molar-refractivity contribution is 7.15. The van der Waals surface area contributed by atoms with Gasteiger partial charge in [-0.05, 0) is 46.8 Å². The van der Waals surface area contributed by atoms with E-state index in [1.165, 1.54) is 0 Å². The quantitative estimate of drug-likeness (QED) is 0.635. The van der Waals surface area contributed by atoms with Crippen molar-refractivity contribution in [1.82, 2.24) is 30.5 Å². The Balaban J connectivity index is 1.52. The monoisotopic (exact) mass is 440 g/mol. The first-order chi connectivity index (χ1) is 14.6. The van der Waals surface area contributed by atoms with Crippen LogP contribution in [0.1, 0.15) is 45.5 Å². The second-order valence-corrected chi connectivity index (χ2v) is 10.4. The summed E-state index contributed by atoms with van der Waals surface area (Å²) in [6, 6.07) is 4.13. The van der Waals surface area contributed by atoms with Crippen molar-refractivity contribution in [3.05, 3.63) is 29.5 Å². The van der Waals surface area contributed by atoms with Gasteiger partial charge < -0.3 is 14.8 Å². The van der Waals surface area contributed by atoms with E-state index in [0.29, 0.717) is 17.3 Å². The van der Waals surface area contributed by atoms with Crippen LogP contribution in [-0.4, -0.2) is 49.4 Å². The lowest BCUT2D eigenvalue weighted by Crippen LogP contribution is -2.60. The zero-order valence-corrected chi connectivity index (χ0v) is 19.6. The molecule has 31 heavy (non-hydrogen) atoms. The fourth-order valence-electron chi connectivity index (χ4n) is 4.31. The van der Waals surface area contributed by atoms with Crippen molar-refractivity contribution in [2.75, 3.05) is 7.11 Å². The summed E-state index contributed by atoms with van der Waals surface area (Å²) in [5.74, 6) is 0.516. The summed E-state index contributed by atoms with van der Waals surface area (Å²) in [4.78, 5) is 14.3. The van der Waals surface area contributed by atoms with Crippen molar-refractivity contribution in [2.45, 2.75) is 64.6 Å². The van der Waals surface area contributed by atoms with E-state index in [0.717, 1.165) is 28.3 Å². The van der Waals surface area contributed by atoms with E-state index in [4.69, 9.17) is 9.47 Å². The van der Waals surface area contributed by atoms with E-state index >= 15 is 0 Å². The highest BCUT2D eigenvalue weighted by Crippen LogP contribution is 2.34. The molecule has 1 fully saturated rings. The largest absolute Gasteiger partial charge is 0.481 e. The van der Waals surface area contributed by atoms with Gasteiger partial charge in [0.25, 0.3) is 0 Å². The molecule has 1 aliphatic heterocycles. The molecule has 0 amide bonds. The number of piperidine rings is 1. The van der Waals surface area contributed by atoms with Crippen LogP contribution in [0.2, 0.25) is 0 Å². The summed E-state index contributed by atoms with van der Waals surface area (Å²) in [5.41, 5.74) is 2.06. The molecule has 1 saturated heterocycles. The van der Waals surface area contributed by atoms with Crippen LogP contribution < -0.4 is 14.8 Å². The number of thiazole rings is 1.